The van der Waals surface area contributed by atoms with Crippen LogP contribution in [0.2, 0.25) is 0 Å². The van der Waals surface area contributed by atoms with Crippen LogP contribution in [0.1, 0.15) is 0 Å². The van der Waals surface area contributed by atoms with Crippen LogP contribution in [-0.4, -0.2) is 0 Å². The van der Waals surface area contributed by atoms with Gasteiger partial charge in [-0.1, -0.05) is 140 Å². The van der Waals surface area contributed by atoms with Gasteiger partial charge >= 0.3 is 0 Å². The first-order valence-corrected chi connectivity index (χ1v) is 13.9. The first-order valence-electron chi connectivity index (χ1n) is 13.9. The van der Waals surface area contributed by atoms with Crippen LogP contribution in [0.3, 0.4) is 0 Å². The molecule has 0 bridgehead atoms. The smallest absolute Gasteiger partial charge is 0.00204 e. The molecular weight excluding hydrogens is 480 g/mol. The van der Waals surface area contributed by atoms with Crippen LogP contribution in [-0.2, 0) is 0 Å². The van der Waals surface area contributed by atoms with Crippen LogP contribution < -0.4 is 0 Å². The highest BCUT2D eigenvalue weighted by Crippen LogP contribution is 2.42. The van der Waals surface area contributed by atoms with Crippen LogP contribution in [0, 0.1) is 0 Å². The average molecular weight is 507 g/mol. The molecule has 8 rings (SSSR count). The zero-order valence-corrected chi connectivity index (χ0v) is 22.0. The van der Waals surface area contributed by atoms with E-state index in [4.69, 9.17) is 0 Å². The predicted molar refractivity (Wildman–Crippen MR) is 173 cm³/mol. The summed E-state index contributed by atoms with van der Waals surface area (Å²) in [5.74, 6) is 0. The largest absolute Gasteiger partial charge is 0.0616 e. The minimum Gasteiger partial charge on any atom is -0.0616 e. The summed E-state index contributed by atoms with van der Waals surface area (Å²) >= 11 is 0. The lowest BCUT2D eigenvalue weighted by atomic mass is 9.87. The molecule has 0 atom stereocenters. The highest BCUT2D eigenvalue weighted by atomic mass is 14.2. The van der Waals surface area contributed by atoms with E-state index >= 15 is 0 Å². The van der Waals surface area contributed by atoms with Crippen molar-refractivity contribution in [3.63, 3.8) is 0 Å². The fourth-order valence-electron chi connectivity index (χ4n) is 6.22. The van der Waals surface area contributed by atoms with Crippen LogP contribution >= 0.6 is 0 Å². The van der Waals surface area contributed by atoms with Gasteiger partial charge in [-0.25, -0.2) is 0 Å². The summed E-state index contributed by atoms with van der Waals surface area (Å²) in [6.45, 7) is 0. The van der Waals surface area contributed by atoms with E-state index in [2.05, 4.69) is 158 Å². The second-order valence-corrected chi connectivity index (χ2v) is 10.6. The second kappa shape index (κ2) is 9.22. The summed E-state index contributed by atoms with van der Waals surface area (Å²) in [7, 11) is 0. The topological polar surface area (TPSA) is 0 Å². The third-order valence-corrected chi connectivity index (χ3v) is 8.20. The highest BCUT2D eigenvalue weighted by molar-refractivity contribution is 6.17. The zero-order chi connectivity index (χ0) is 26.5. The Morgan fingerprint density at radius 1 is 0.275 bits per heavy atom. The Morgan fingerprint density at radius 2 is 0.800 bits per heavy atom. The highest BCUT2D eigenvalue weighted by Gasteiger charge is 2.15. The molecule has 0 radical (unpaired) electrons. The Bertz CT molecular complexity index is 2200. The van der Waals surface area contributed by atoms with Crippen molar-refractivity contribution in [2.75, 3.05) is 0 Å². The van der Waals surface area contributed by atoms with E-state index in [9.17, 15) is 0 Å². The number of fused-ring (bicyclic) bond motifs is 4. The van der Waals surface area contributed by atoms with Crippen LogP contribution in [0.25, 0.3) is 76.5 Å². The van der Waals surface area contributed by atoms with Gasteiger partial charge in [0.1, 0.15) is 0 Å². The molecule has 8 aromatic carbocycles. The van der Waals surface area contributed by atoms with E-state index < -0.39 is 0 Å². The summed E-state index contributed by atoms with van der Waals surface area (Å²) in [4.78, 5) is 0. The Hall–Kier alpha value is -5.20. The number of hydrogen-bond donors (Lipinski definition) is 0. The fraction of sp³-hybridized carbons (Fsp3) is 0. The van der Waals surface area contributed by atoms with Crippen LogP contribution in [0.15, 0.2) is 158 Å². The summed E-state index contributed by atoms with van der Waals surface area (Å²) in [5, 5.41) is 10.2. The van der Waals surface area contributed by atoms with E-state index in [1.165, 1.54) is 76.5 Å². The van der Waals surface area contributed by atoms with E-state index in [-0.39, 0.29) is 0 Å². The molecule has 0 fully saturated rings. The number of hydrogen-bond acceptors (Lipinski definition) is 0. The van der Waals surface area contributed by atoms with Gasteiger partial charge in [0.2, 0.25) is 0 Å². The van der Waals surface area contributed by atoms with Gasteiger partial charge in [0.25, 0.3) is 0 Å². The van der Waals surface area contributed by atoms with Gasteiger partial charge in [0.05, 0.1) is 0 Å². The Morgan fingerprint density at radius 3 is 1.52 bits per heavy atom. The molecule has 0 aromatic heterocycles. The normalized spacial score (nSPS) is 11.5. The van der Waals surface area contributed by atoms with Gasteiger partial charge in [-0.15, -0.1) is 0 Å². The number of rotatable bonds is 3. The molecule has 0 heterocycles. The molecule has 0 aliphatic carbocycles. The van der Waals surface area contributed by atoms with Gasteiger partial charge in [0, 0.05) is 0 Å². The molecule has 0 aliphatic rings. The van der Waals surface area contributed by atoms with Crippen molar-refractivity contribution in [3.05, 3.63) is 158 Å². The van der Waals surface area contributed by atoms with Crippen molar-refractivity contribution in [2.45, 2.75) is 0 Å². The molecule has 0 nitrogen and oxygen atoms in total. The average Bonchev–Trinajstić information content (AvgIpc) is 3.03. The SMILES string of the molecule is c1ccc2cc(-c3ccc(-c4c5ccccc5cc5cccc(-c6ccc7ccccc7c6)c45)cc3)ccc2c1. The van der Waals surface area contributed by atoms with Gasteiger partial charge in [0.15, 0.2) is 0 Å². The standard InChI is InChI=1S/C40H26/c1-3-10-31-24-33(22-18-27(31)8-1)29-16-20-30(21-17-29)39-37-14-6-5-12-34(37)26-36-13-7-15-38(40(36)39)35-23-19-28-9-2-4-11-32(28)25-35/h1-26H. The lowest BCUT2D eigenvalue weighted by Crippen LogP contribution is -1.90. The molecule has 0 spiro atoms. The first-order chi connectivity index (χ1) is 19.8. The molecule has 0 aliphatic heterocycles. The maximum atomic E-state index is 2.34. The van der Waals surface area contributed by atoms with Crippen LogP contribution in [0.5, 0.6) is 0 Å². The minimum atomic E-state index is 1.23. The lowest BCUT2D eigenvalue weighted by Gasteiger charge is -2.17. The molecular formula is C40H26. The molecule has 8 aromatic rings. The monoisotopic (exact) mass is 506 g/mol. The zero-order valence-electron chi connectivity index (χ0n) is 22.0. The van der Waals surface area contributed by atoms with Crippen molar-refractivity contribution in [2.24, 2.45) is 0 Å². The summed E-state index contributed by atoms with van der Waals surface area (Å²) < 4.78 is 0. The molecule has 0 saturated heterocycles. The van der Waals surface area contributed by atoms with Gasteiger partial charge in [-0.3, -0.25) is 0 Å². The lowest BCUT2D eigenvalue weighted by molar-refractivity contribution is 1.63. The summed E-state index contributed by atoms with van der Waals surface area (Å²) in [6.07, 6.45) is 0. The third kappa shape index (κ3) is 3.77. The van der Waals surface area contributed by atoms with E-state index in [1.807, 2.05) is 0 Å². The van der Waals surface area contributed by atoms with Crippen molar-refractivity contribution in [1.82, 2.24) is 0 Å². The fourth-order valence-corrected chi connectivity index (χ4v) is 6.22. The minimum absolute atomic E-state index is 1.23. The molecule has 0 amide bonds. The maximum Gasteiger partial charge on any atom is -0.00204 e. The molecule has 0 saturated carbocycles. The van der Waals surface area contributed by atoms with Crippen molar-refractivity contribution >= 4 is 43.1 Å². The maximum absolute atomic E-state index is 2.34. The molecule has 0 N–H and O–H groups in total. The predicted octanol–water partition coefficient (Wildman–Crippen LogP) is 11.3. The Balaban J connectivity index is 1.35. The van der Waals surface area contributed by atoms with Gasteiger partial charge < -0.3 is 0 Å². The second-order valence-electron chi connectivity index (χ2n) is 10.6. The summed E-state index contributed by atoms with van der Waals surface area (Å²) in [5.41, 5.74) is 7.51. The summed E-state index contributed by atoms with van der Waals surface area (Å²) in [6, 6.07) is 57.7. The molecule has 0 heteroatoms. The van der Waals surface area contributed by atoms with Crippen LogP contribution in [0.4, 0.5) is 0 Å². The Labute approximate surface area is 233 Å². The van der Waals surface area contributed by atoms with Crippen molar-refractivity contribution in [3.8, 4) is 33.4 Å². The van der Waals surface area contributed by atoms with Crippen molar-refractivity contribution in [1.29, 1.82) is 0 Å². The quantitative estimate of drug-likeness (QED) is 0.209. The number of benzene rings is 8. The van der Waals surface area contributed by atoms with Gasteiger partial charge in [-0.2, -0.15) is 0 Å². The molecule has 40 heavy (non-hydrogen) atoms. The van der Waals surface area contributed by atoms with Gasteiger partial charge in [-0.05, 0) is 94.7 Å². The molecule has 186 valence electrons. The Kier molecular flexibility index (Phi) is 5.24. The first kappa shape index (κ1) is 22.8. The third-order valence-electron chi connectivity index (χ3n) is 8.20. The van der Waals surface area contributed by atoms with E-state index in [0.717, 1.165) is 0 Å². The van der Waals surface area contributed by atoms with E-state index in [1.54, 1.807) is 0 Å². The van der Waals surface area contributed by atoms with E-state index in [0.29, 0.717) is 0 Å². The molecule has 0 unspecified atom stereocenters. The van der Waals surface area contributed by atoms with Crippen molar-refractivity contribution < 1.29 is 0 Å².